The molecule has 0 amide bonds. The van der Waals surface area contributed by atoms with Crippen molar-refractivity contribution < 1.29 is 9.47 Å². The van der Waals surface area contributed by atoms with Gasteiger partial charge in [-0.3, -0.25) is 4.99 Å². The predicted molar refractivity (Wildman–Crippen MR) is 121 cm³/mol. The van der Waals surface area contributed by atoms with Crippen LogP contribution in [0.3, 0.4) is 0 Å². The van der Waals surface area contributed by atoms with Crippen molar-refractivity contribution in [3.63, 3.8) is 0 Å². The summed E-state index contributed by atoms with van der Waals surface area (Å²) in [6.07, 6.45) is 3.75. The van der Waals surface area contributed by atoms with Gasteiger partial charge in [0.15, 0.2) is 0 Å². The summed E-state index contributed by atoms with van der Waals surface area (Å²) in [5.41, 5.74) is 3.69. The van der Waals surface area contributed by atoms with Crippen LogP contribution >= 0.6 is 0 Å². The van der Waals surface area contributed by atoms with Crippen molar-refractivity contribution in [1.29, 1.82) is 0 Å². The van der Waals surface area contributed by atoms with Crippen LogP contribution in [0.25, 0.3) is 5.70 Å². The number of nitrogens with zero attached hydrogens (tertiary/aromatic N) is 1. The number of hydrogen-bond donors (Lipinski definition) is 1. The van der Waals surface area contributed by atoms with Crippen molar-refractivity contribution in [2.24, 2.45) is 4.99 Å². The van der Waals surface area contributed by atoms with E-state index in [0.717, 1.165) is 34.1 Å². The molecule has 4 heteroatoms. The summed E-state index contributed by atoms with van der Waals surface area (Å²) in [6, 6.07) is 25.8. The molecular weight excluding hydrogens is 360 g/mol. The highest BCUT2D eigenvalue weighted by atomic mass is 16.5. The maximum Gasteiger partial charge on any atom is 0.144 e. The van der Waals surface area contributed by atoms with Gasteiger partial charge in [-0.2, -0.15) is 0 Å². The van der Waals surface area contributed by atoms with Crippen LogP contribution < -0.4 is 14.8 Å². The Bertz CT molecular complexity index is 965. The Balaban J connectivity index is 1.91. The topological polar surface area (TPSA) is 42.8 Å². The molecule has 0 aromatic heterocycles. The van der Waals surface area contributed by atoms with Crippen molar-refractivity contribution in [2.75, 3.05) is 18.5 Å². The van der Waals surface area contributed by atoms with Crippen LogP contribution in [-0.4, -0.2) is 19.4 Å². The Morgan fingerprint density at radius 2 is 1.41 bits per heavy atom. The van der Waals surface area contributed by atoms with Crippen molar-refractivity contribution in [3.05, 3.63) is 90.5 Å². The third-order valence-corrected chi connectivity index (χ3v) is 4.16. The highest BCUT2D eigenvalue weighted by Gasteiger charge is 2.06. The van der Waals surface area contributed by atoms with E-state index in [1.54, 1.807) is 6.21 Å². The van der Waals surface area contributed by atoms with Gasteiger partial charge in [0.1, 0.15) is 17.2 Å². The molecular formula is C25H26N2O2. The SMILES string of the molecule is CCOc1ccccc1N=CC=C(Nc1ccccc1OCC)c1ccccc1. The monoisotopic (exact) mass is 386 g/mol. The van der Waals surface area contributed by atoms with Gasteiger partial charge in [0.05, 0.1) is 18.9 Å². The fourth-order valence-electron chi connectivity index (χ4n) is 2.86. The summed E-state index contributed by atoms with van der Waals surface area (Å²) in [6.45, 7) is 5.16. The third kappa shape index (κ3) is 5.72. The molecule has 0 fully saturated rings. The lowest BCUT2D eigenvalue weighted by molar-refractivity contribution is 0.341. The maximum absolute atomic E-state index is 5.75. The van der Waals surface area contributed by atoms with Gasteiger partial charge in [-0.1, -0.05) is 54.6 Å². The number of nitrogens with one attached hydrogen (secondary N) is 1. The van der Waals surface area contributed by atoms with E-state index in [-0.39, 0.29) is 0 Å². The van der Waals surface area contributed by atoms with E-state index in [1.165, 1.54) is 0 Å². The molecule has 0 heterocycles. The zero-order valence-electron chi connectivity index (χ0n) is 16.8. The molecule has 4 nitrogen and oxygen atoms in total. The number of anilines is 1. The van der Waals surface area contributed by atoms with Crippen LogP contribution in [0, 0.1) is 0 Å². The number of allylic oxidation sites excluding steroid dienone is 1. The molecule has 0 bridgehead atoms. The van der Waals surface area contributed by atoms with E-state index < -0.39 is 0 Å². The number of rotatable bonds is 9. The maximum atomic E-state index is 5.75. The summed E-state index contributed by atoms with van der Waals surface area (Å²) in [5.74, 6) is 1.59. The Kier molecular flexibility index (Phi) is 7.47. The second kappa shape index (κ2) is 10.7. The van der Waals surface area contributed by atoms with Crippen LogP contribution in [0.4, 0.5) is 11.4 Å². The normalized spacial score (nSPS) is 11.4. The van der Waals surface area contributed by atoms with Crippen LogP contribution in [0.1, 0.15) is 19.4 Å². The summed E-state index contributed by atoms with van der Waals surface area (Å²) >= 11 is 0. The van der Waals surface area contributed by atoms with Crippen molar-refractivity contribution >= 4 is 23.3 Å². The van der Waals surface area contributed by atoms with Crippen molar-refractivity contribution in [3.8, 4) is 11.5 Å². The second-order valence-electron chi connectivity index (χ2n) is 6.18. The lowest BCUT2D eigenvalue weighted by Gasteiger charge is -2.15. The van der Waals surface area contributed by atoms with Crippen LogP contribution in [0.5, 0.6) is 11.5 Å². The average Bonchev–Trinajstić information content (AvgIpc) is 2.76. The van der Waals surface area contributed by atoms with Gasteiger partial charge in [0, 0.05) is 11.9 Å². The third-order valence-electron chi connectivity index (χ3n) is 4.16. The van der Waals surface area contributed by atoms with Gasteiger partial charge in [-0.05, 0) is 49.8 Å². The molecule has 0 radical (unpaired) electrons. The highest BCUT2D eigenvalue weighted by Crippen LogP contribution is 2.29. The molecule has 0 aliphatic carbocycles. The zero-order valence-corrected chi connectivity index (χ0v) is 16.8. The molecule has 0 aliphatic heterocycles. The van der Waals surface area contributed by atoms with E-state index >= 15 is 0 Å². The molecule has 3 aromatic carbocycles. The molecule has 0 saturated carbocycles. The smallest absolute Gasteiger partial charge is 0.144 e. The minimum Gasteiger partial charge on any atom is -0.492 e. The minimum atomic E-state index is 0.605. The van der Waals surface area contributed by atoms with Crippen LogP contribution in [0.2, 0.25) is 0 Å². The van der Waals surface area contributed by atoms with Crippen molar-refractivity contribution in [1.82, 2.24) is 0 Å². The van der Waals surface area contributed by atoms with Gasteiger partial charge < -0.3 is 14.8 Å². The van der Waals surface area contributed by atoms with E-state index in [0.29, 0.717) is 13.2 Å². The summed E-state index contributed by atoms with van der Waals surface area (Å²) in [4.78, 5) is 4.59. The fraction of sp³-hybridized carbons (Fsp3) is 0.160. The average molecular weight is 386 g/mol. The Morgan fingerprint density at radius 3 is 2.17 bits per heavy atom. The molecule has 3 rings (SSSR count). The lowest BCUT2D eigenvalue weighted by Crippen LogP contribution is -2.02. The van der Waals surface area contributed by atoms with E-state index in [9.17, 15) is 0 Å². The highest BCUT2D eigenvalue weighted by molar-refractivity contribution is 5.91. The quantitative estimate of drug-likeness (QED) is 0.436. The summed E-state index contributed by atoms with van der Waals surface area (Å²) < 4.78 is 11.4. The summed E-state index contributed by atoms with van der Waals surface area (Å²) in [5, 5.41) is 3.49. The molecule has 0 aliphatic rings. The minimum absolute atomic E-state index is 0.605. The second-order valence-corrected chi connectivity index (χ2v) is 6.18. The number of para-hydroxylation sites is 4. The Morgan fingerprint density at radius 1 is 0.793 bits per heavy atom. The van der Waals surface area contributed by atoms with Gasteiger partial charge in [0.25, 0.3) is 0 Å². The van der Waals surface area contributed by atoms with Crippen molar-refractivity contribution in [2.45, 2.75) is 13.8 Å². The standard InChI is InChI=1S/C25H26N2O2/c1-3-28-24-16-10-8-14-22(24)26-19-18-21(20-12-6-5-7-13-20)27-23-15-9-11-17-25(23)29-4-2/h5-19,27H,3-4H2,1-2H3. The van der Waals surface area contributed by atoms with E-state index in [4.69, 9.17) is 9.47 Å². The first-order valence-electron chi connectivity index (χ1n) is 9.82. The predicted octanol–water partition coefficient (Wildman–Crippen LogP) is 6.34. The molecule has 0 saturated heterocycles. The van der Waals surface area contributed by atoms with Gasteiger partial charge in [0.2, 0.25) is 0 Å². The van der Waals surface area contributed by atoms with Gasteiger partial charge in [-0.25, -0.2) is 0 Å². The molecule has 148 valence electrons. The fourth-order valence-corrected chi connectivity index (χ4v) is 2.86. The first-order chi connectivity index (χ1) is 14.3. The zero-order chi connectivity index (χ0) is 20.3. The molecule has 0 unspecified atom stereocenters. The lowest BCUT2D eigenvalue weighted by atomic mass is 10.1. The number of benzene rings is 3. The molecule has 29 heavy (non-hydrogen) atoms. The number of aliphatic imine (C=N–C) groups is 1. The first-order valence-corrected chi connectivity index (χ1v) is 9.82. The molecule has 3 aromatic rings. The number of hydrogen-bond acceptors (Lipinski definition) is 4. The molecule has 1 N–H and O–H groups in total. The van der Waals surface area contributed by atoms with E-state index in [1.807, 2.05) is 86.7 Å². The molecule has 0 atom stereocenters. The molecule has 0 spiro atoms. The Labute approximate surface area is 172 Å². The van der Waals surface area contributed by atoms with Gasteiger partial charge in [-0.15, -0.1) is 0 Å². The van der Waals surface area contributed by atoms with Crippen LogP contribution in [0.15, 0.2) is 89.9 Å². The summed E-state index contributed by atoms with van der Waals surface area (Å²) in [7, 11) is 0. The largest absolute Gasteiger partial charge is 0.492 e. The number of ether oxygens (including phenoxy) is 2. The Hall–Kier alpha value is -3.53. The van der Waals surface area contributed by atoms with E-state index in [2.05, 4.69) is 22.4 Å². The van der Waals surface area contributed by atoms with Crippen LogP contribution in [-0.2, 0) is 0 Å². The first kappa shape index (κ1) is 20.2. The van der Waals surface area contributed by atoms with Gasteiger partial charge >= 0.3 is 0 Å².